The maximum Gasteiger partial charge on any atom is 0.243 e. The lowest BCUT2D eigenvalue weighted by Gasteiger charge is -2.31. The monoisotopic (exact) mass is 428 g/mol. The average molecular weight is 429 g/mol. The Morgan fingerprint density at radius 2 is 1.63 bits per heavy atom. The molecule has 0 saturated carbocycles. The molecule has 0 spiro atoms. The van der Waals surface area contributed by atoms with Gasteiger partial charge in [0.05, 0.1) is 0 Å². The standard InChI is InChI=1S/C25H33ClN2O2/c1-4-19(3)27-25(30)23(5-2)28(18-17-20-11-7-6-8-12-20)24(29)16-15-21-13-9-10-14-22(21)26/h6-14,19,23H,4-5,15-18H2,1-3H3,(H,27,30)/t19-,23+/m1/s1. The highest BCUT2D eigenvalue weighted by Gasteiger charge is 2.28. The molecule has 2 amide bonds. The van der Waals surface area contributed by atoms with E-state index in [0.717, 1.165) is 17.5 Å². The number of benzene rings is 2. The first-order valence-electron chi connectivity index (χ1n) is 10.8. The lowest BCUT2D eigenvalue weighted by Crippen LogP contribution is -2.51. The Bertz CT molecular complexity index is 810. The Balaban J connectivity index is 2.14. The molecule has 2 atom stereocenters. The summed E-state index contributed by atoms with van der Waals surface area (Å²) in [6.45, 7) is 6.49. The minimum atomic E-state index is -0.471. The first-order valence-corrected chi connectivity index (χ1v) is 11.2. The second kappa shape index (κ2) is 12.4. The molecule has 0 bridgehead atoms. The van der Waals surface area contributed by atoms with Crippen LogP contribution in [0, 0.1) is 0 Å². The van der Waals surface area contributed by atoms with Crippen LogP contribution in [-0.2, 0) is 22.4 Å². The Kier molecular flexibility index (Phi) is 9.88. The van der Waals surface area contributed by atoms with Crippen molar-refractivity contribution in [2.24, 2.45) is 0 Å². The highest BCUT2D eigenvalue weighted by molar-refractivity contribution is 6.31. The molecule has 0 aliphatic carbocycles. The average Bonchev–Trinajstić information content (AvgIpc) is 2.76. The van der Waals surface area contributed by atoms with Crippen LogP contribution >= 0.6 is 11.6 Å². The highest BCUT2D eigenvalue weighted by atomic mass is 35.5. The summed E-state index contributed by atoms with van der Waals surface area (Å²) in [5.74, 6) is -0.0944. The summed E-state index contributed by atoms with van der Waals surface area (Å²) in [5, 5.41) is 3.71. The van der Waals surface area contributed by atoms with Gasteiger partial charge in [0.15, 0.2) is 0 Å². The van der Waals surface area contributed by atoms with Crippen LogP contribution in [0.5, 0.6) is 0 Å². The Morgan fingerprint density at radius 3 is 2.27 bits per heavy atom. The number of hydrogen-bond donors (Lipinski definition) is 1. The number of nitrogens with zero attached hydrogens (tertiary/aromatic N) is 1. The zero-order valence-corrected chi connectivity index (χ0v) is 19.0. The topological polar surface area (TPSA) is 49.4 Å². The molecule has 4 nitrogen and oxygen atoms in total. The van der Waals surface area contributed by atoms with Gasteiger partial charge in [0, 0.05) is 24.0 Å². The van der Waals surface area contributed by atoms with E-state index in [2.05, 4.69) is 5.32 Å². The van der Waals surface area contributed by atoms with Crippen LogP contribution in [0.2, 0.25) is 5.02 Å². The van der Waals surface area contributed by atoms with E-state index in [1.165, 1.54) is 0 Å². The van der Waals surface area contributed by atoms with E-state index in [4.69, 9.17) is 11.6 Å². The minimum absolute atomic E-state index is 0.0167. The number of nitrogens with one attached hydrogen (secondary N) is 1. The van der Waals surface area contributed by atoms with Crippen molar-refractivity contribution in [2.75, 3.05) is 6.54 Å². The van der Waals surface area contributed by atoms with Crippen molar-refractivity contribution >= 4 is 23.4 Å². The zero-order valence-electron chi connectivity index (χ0n) is 18.2. The number of carbonyl (C=O) groups is 2. The number of halogens is 1. The van der Waals surface area contributed by atoms with Gasteiger partial charge in [0.2, 0.25) is 11.8 Å². The lowest BCUT2D eigenvalue weighted by atomic mass is 10.1. The van der Waals surface area contributed by atoms with Gasteiger partial charge < -0.3 is 10.2 Å². The molecule has 2 aromatic rings. The molecule has 2 rings (SSSR count). The van der Waals surface area contributed by atoms with E-state index >= 15 is 0 Å². The number of rotatable bonds is 11. The maximum absolute atomic E-state index is 13.2. The Hall–Kier alpha value is -2.33. The molecule has 0 radical (unpaired) electrons. The van der Waals surface area contributed by atoms with Crippen molar-refractivity contribution in [3.63, 3.8) is 0 Å². The largest absolute Gasteiger partial charge is 0.352 e. The van der Waals surface area contributed by atoms with E-state index in [-0.39, 0.29) is 17.9 Å². The quantitative estimate of drug-likeness (QED) is 0.545. The first kappa shape index (κ1) is 23.9. The van der Waals surface area contributed by atoms with Crippen molar-refractivity contribution in [1.82, 2.24) is 10.2 Å². The summed E-state index contributed by atoms with van der Waals surface area (Å²) in [7, 11) is 0. The predicted molar refractivity (Wildman–Crippen MR) is 124 cm³/mol. The molecule has 0 heterocycles. The summed E-state index contributed by atoms with van der Waals surface area (Å²) in [5.41, 5.74) is 2.10. The van der Waals surface area contributed by atoms with Gasteiger partial charge in [-0.05, 0) is 49.8 Å². The molecule has 2 aromatic carbocycles. The highest BCUT2D eigenvalue weighted by Crippen LogP contribution is 2.18. The van der Waals surface area contributed by atoms with Gasteiger partial charge in [-0.3, -0.25) is 9.59 Å². The van der Waals surface area contributed by atoms with Crippen molar-refractivity contribution in [2.45, 2.75) is 65.0 Å². The second-order valence-electron chi connectivity index (χ2n) is 7.66. The van der Waals surface area contributed by atoms with Crippen LogP contribution < -0.4 is 5.32 Å². The summed E-state index contributed by atoms with van der Waals surface area (Å²) in [6.07, 6.45) is 3.03. The van der Waals surface area contributed by atoms with Crippen molar-refractivity contribution in [3.8, 4) is 0 Å². The van der Waals surface area contributed by atoms with Crippen LogP contribution in [0.15, 0.2) is 54.6 Å². The normalized spacial score (nSPS) is 12.8. The fourth-order valence-electron chi connectivity index (χ4n) is 3.42. The Labute approximate surface area is 185 Å². The number of hydrogen-bond acceptors (Lipinski definition) is 2. The van der Waals surface area contributed by atoms with Crippen molar-refractivity contribution in [3.05, 3.63) is 70.7 Å². The zero-order chi connectivity index (χ0) is 21.9. The lowest BCUT2D eigenvalue weighted by molar-refractivity contribution is -0.141. The van der Waals surface area contributed by atoms with Crippen molar-refractivity contribution < 1.29 is 9.59 Å². The molecule has 0 aliphatic heterocycles. The van der Waals surface area contributed by atoms with E-state index in [0.29, 0.717) is 37.3 Å². The molecule has 0 saturated heterocycles. The summed E-state index contributed by atoms with van der Waals surface area (Å²) >= 11 is 6.25. The summed E-state index contributed by atoms with van der Waals surface area (Å²) < 4.78 is 0. The third kappa shape index (κ3) is 7.17. The first-order chi connectivity index (χ1) is 14.5. The third-order valence-electron chi connectivity index (χ3n) is 5.44. The maximum atomic E-state index is 13.2. The molecule has 162 valence electrons. The van der Waals surface area contributed by atoms with Gasteiger partial charge in [-0.25, -0.2) is 0 Å². The Morgan fingerprint density at radius 1 is 0.967 bits per heavy atom. The van der Waals surface area contributed by atoms with Gasteiger partial charge in [0.1, 0.15) is 6.04 Å². The fourth-order valence-corrected chi connectivity index (χ4v) is 3.65. The van der Waals surface area contributed by atoms with E-state index < -0.39 is 6.04 Å². The molecule has 0 aliphatic rings. The molecule has 30 heavy (non-hydrogen) atoms. The summed E-state index contributed by atoms with van der Waals surface area (Å²) in [4.78, 5) is 27.9. The smallest absolute Gasteiger partial charge is 0.243 e. The van der Waals surface area contributed by atoms with Crippen LogP contribution in [0.4, 0.5) is 0 Å². The number of aryl methyl sites for hydroxylation is 1. The van der Waals surface area contributed by atoms with Crippen LogP contribution in [0.1, 0.15) is 51.2 Å². The predicted octanol–water partition coefficient (Wildman–Crippen LogP) is 5.04. The molecule has 0 fully saturated rings. The van der Waals surface area contributed by atoms with E-state index in [1.54, 1.807) is 4.90 Å². The fraction of sp³-hybridized carbons (Fsp3) is 0.440. The van der Waals surface area contributed by atoms with Gasteiger partial charge in [-0.2, -0.15) is 0 Å². The number of amides is 2. The van der Waals surface area contributed by atoms with Crippen molar-refractivity contribution in [1.29, 1.82) is 0 Å². The molecular formula is C25H33ClN2O2. The molecule has 0 aromatic heterocycles. The van der Waals surface area contributed by atoms with Crippen LogP contribution in [0.3, 0.4) is 0 Å². The minimum Gasteiger partial charge on any atom is -0.352 e. The van der Waals surface area contributed by atoms with Gasteiger partial charge in [0.25, 0.3) is 0 Å². The number of carbonyl (C=O) groups excluding carboxylic acids is 2. The van der Waals surface area contributed by atoms with Crippen LogP contribution in [-0.4, -0.2) is 35.3 Å². The van der Waals surface area contributed by atoms with E-state index in [1.807, 2.05) is 75.4 Å². The van der Waals surface area contributed by atoms with Gasteiger partial charge in [-0.15, -0.1) is 0 Å². The molecule has 1 N–H and O–H groups in total. The van der Waals surface area contributed by atoms with Gasteiger partial charge >= 0.3 is 0 Å². The molecular weight excluding hydrogens is 396 g/mol. The SMILES string of the molecule is CC[C@@H](C)NC(=O)[C@H](CC)N(CCc1ccccc1)C(=O)CCc1ccccc1Cl. The van der Waals surface area contributed by atoms with Gasteiger partial charge in [-0.1, -0.05) is 74.0 Å². The third-order valence-corrected chi connectivity index (χ3v) is 5.81. The summed E-state index contributed by atoms with van der Waals surface area (Å²) in [6, 6.07) is 17.3. The molecule has 0 unspecified atom stereocenters. The van der Waals surface area contributed by atoms with Crippen LogP contribution in [0.25, 0.3) is 0 Å². The van der Waals surface area contributed by atoms with E-state index in [9.17, 15) is 9.59 Å². The molecule has 5 heteroatoms. The second-order valence-corrected chi connectivity index (χ2v) is 8.06.